The number of rotatable bonds is 1. The van der Waals surface area contributed by atoms with Crippen molar-refractivity contribution in [2.24, 2.45) is 0 Å². The van der Waals surface area contributed by atoms with Crippen molar-refractivity contribution in [3.05, 3.63) is 43.3 Å². The molecule has 0 bridgehead atoms. The maximum atomic E-state index is 11.4. The van der Waals surface area contributed by atoms with Crippen LogP contribution in [-0.2, 0) is 0 Å². The molecule has 1 aromatic carbocycles. The molecule has 2 aromatic rings. The van der Waals surface area contributed by atoms with E-state index in [-0.39, 0.29) is 16.3 Å². The van der Waals surface area contributed by atoms with E-state index in [1.807, 2.05) is 22.6 Å². The van der Waals surface area contributed by atoms with Crippen molar-refractivity contribution in [2.75, 3.05) is 0 Å². The summed E-state index contributed by atoms with van der Waals surface area (Å²) in [5, 5.41) is 9.48. The zero-order chi connectivity index (χ0) is 11.7. The second-order valence-electron chi connectivity index (χ2n) is 3.08. The third-order valence-corrected chi connectivity index (χ3v) is 3.05. The second-order valence-corrected chi connectivity index (χ2v) is 4.64. The Balaban J connectivity index is 2.55. The number of halogens is 2. The number of phenols is 1. The van der Waals surface area contributed by atoms with Gasteiger partial charge in [-0.1, -0.05) is 11.6 Å². The highest BCUT2D eigenvalue weighted by Gasteiger charge is 2.05. The normalized spacial score (nSPS) is 10.4. The molecule has 2 N–H and O–H groups in total. The number of aromatic amines is 1. The van der Waals surface area contributed by atoms with Crippen LogP contribution in [-0.4, -0.2) is 15.1 Å². The monoisotopic (exact) mass is 348 g/mol. The molecule has 0 unspecified atom stereocenters. The zero-order valence-electron chi connectivity index (χ0n) is 7.87. The number of aromatic nitrogens is 2. The van der Waals surface area contributed by atoms with Crippen LogP contribution < -0.4 is 5.56 Å². The van der Waals surface area contributed by atoms with Gasteiger partial charge < -0.3 is 10.1 Å². The molecule has 1 heterocycles. The summed E-state index contributed by atoms with van der Waals surface area (Å²) in [5.41, 5.74) is 0.450. The molecule has 16 heavy (non-hydrogen) atoms. The Morgan fingerprint density at radius 1 is 1.44 bits per heavy atom. The summed E-state index contributed by atoms with van der Waals surface area (Å²) in [4.78, 5) is 18.1. The fourth-order valence-corrected chi connectivity index (χ4v) is 1.63. The highest BCUT2D eigenvalue weighted by atomic mass is 127. The van der Waals surface area contributed by atoms with Gasteiger partial charge in [0.1, 0.15) is 11.6 Å². The zero-order valence-corrected chi connectivity index (χ0v) is 10.8. The van der Waals surface area contributed by atoms with Gasteiger partial charge in [0, 0.05) is 11.8 Å². The minimum atomic E-state index is -0.199. The number of nitrogens with zero attached hydrogens (tertiary/aromatic N) is 1. The Morgan fingerprint density at radius 2 is 2.19 bits per heavy atom. The molecule has 6 heteroatoms. The van der Waals surface area contributed by atoms with Gasteiger partial charge in [-0.15, -0.1) is 0 Å². The van der Waals surface area contributed by atoms with Crippen molar-refractivity contribution in [1.29, 1.82) is 0 Å². The summed E-state index contributed by atoms with van der Waals surface area (Å²) in [6.45, 7) is 0. The van der Waals surface area contributed by atoms with Crippen molar-refractivity contribution in [3.8, 4) is 17.1 Å². The first-order valence-electron chi connectivity index (χ1n) is 4.31. The number of aromatic hydroxyl groups is 1. The van der Waals surface area contributed by atoms with Crippen LogP contribution in [0.3, 0.4) is 0 Å². The van der Waals surface area contributed by atoms with Gasteiger partial charge in [-0.05, 0) is 40.8 Å². The smallest absolute Gasteiger partial charge is 0.264 e. The maximum Gasteiger partial charge on any atom is 0.264 e. The van der Waals surface area contributed by atoms with Gasteiger partial charge in [-0.2, -0.15) is 0 Å². The molecule has 2 rings (SSSR count). The first kappa shape index (κ1) is 11.4. The lowest BCUT2D eigenvalue weighted by Crippen LogP contribution is -2.11. The SMILES string of the molecule is O=c1[nH]c(-c2ccc(O)c(Cl)c2)ncc1I. The fourth-order valence-electron chi connectivity index (χ4n) is 1.18. The van der Waals surface area contributed by atoms with Crippen LogP contribution in [0.2, 0.25) is 5.02 Å². The van der Waals surface area contributed by atoms with Gasteiger partial charge in [0.25, 0.3) is 5.56 Å². The molecule has 0 aliphatic carbocycles. The second kappa shape index (κ2) is 4.42. The largest absolute Gasteiger partial charge is 0.506 e. The lowest BCUT2D eigenvalue weighted by Gasteiger charge is -2.02. The van der Waals surface area contributed by atoms with Crippen LogP contribution >= 0.6 is 34.2 Å². The van der Waals surface area contributed by atoms with Gasteiger partial charge >= 0.3 is 0 Å². The van der Waals surface area contributed by atoms with Crippen LogP contribution in [0, 0.1) is 3.57 Å². The third kappa shape index (κ3) is 2.19. The van der Waals surface area contributed by atoms with Crippen molar-refractivity contribution >= 4 is 34.2 Å². The topological polar surface area (TPSA) is 66.0 Å². The van der Waals surface area contributed by atoms with Gasteiger partial charge in [-0.25, -0.2) is 4.98 Å². The molecule has 0 radical (unpaired) electrons. The lowest BCUT2D eigenvalue weighted by molar-refractivity contribution is 0.475. The van der Waals surface area contributed by atoms with Crippen molar-refractivity contribution in [1.82, 2.24) is 9.97 Å². The summed E-state index contributed by atoms with van der Waals surface area (Å²) in [6.07, 6.45) is 1.48. The Bertz CT molecular complexity index is 598. The average Bonchev–Trinajstić information content (AvgIpc) is 2.26. The molecule has 0 aliphatic heterocycles. The van der Waals surface area contributed by atoms with Crippen LogP contribution in [0.15, 0.2) is 29.2 Å². The fraction of sp³-hybridized carbons (Fsp3) is 0. The predicted molar refractivity (Wildman–Crippen MR) is 69.7 cm³/mol. The van der Waals surface area contributed by atoms with Gasteiger partial charge in [0.2, 0.25) is 0 Å². The van der Waals surface area contributed by atoms with E-state index in [0.29, 0.717) is 15.0 Å². The first-order chi connectivity index (χ1) is 7.58. The molecule has 0 saturated heterocycles. The number of H-pyrrole nitrogens is 1. The molecule has 4 nitrogen and oxygen atoms in total. The van der Waals surface area contributed by atoms with E-state index in [0.717, 1.165) is 0 Å². The Morgan fingerprint density at radius 3 is 2.81 bits per heavy atom. The number of hydrogen-bond donors (Lipinski definition) is 2. The van der Waals surface area contributed by atoms with E-state index in [2.05, 4.69) is 9.97 Å². The summed E-state index contributed by atoms with van der Waals surface area (Å²) < 4.78 is 0.520. The molecule has 0 aliphatic rings. The summed E-state index contributed by atoms with van der Waals surface area (Å²) in [7, 11) is 0. The van der Waals surface area contributed by atoms with Crippen LogP contribution in [0.25, 0.3) is 11.4 Å². The molecular formula is C10H6ClIN2O2. The van der Waals surface area contributed by atoms with E-state index in [1.54, 1.807) is 12.1 Å². The van der Waals surface area contributed by atoms with Crippen LogP contribution in [0.5, 0.6) is 5.75 Å². The van der Waals surface area contributed by atoms with E-state index in [9.17, 15) is 9.90 Å². The average molecular weight is 349 g/mol. The number of nitrogens with one attached hydrogen (secondary N) is 1. The maximum absolute atomic E-state index is 11.4. The number of hydrogen-bond acceptors (Lipinski definition) is 3. The van der Waals surface area contributed by atoms with Crippen LogP contribution in [0.1, 0.15) is 0 Å². The predicted octanol–water partition coefficient (Wildman–Crippen LogP) is 2.40. The minimum Gasteiger partial charge on any atom is -0.506 e. The third-order valence-electron chi connectivity index (χ3n) is 1.98. The summed E-state index contributed by atoms with van der Waals surface area (Å²) in [6, 6.07) is 4.63. The Labute approximate surface area is 109 Å². The molecular weight excluding hydrogens is 342 g/mol. The van der Waals surface area contributed by atoms with E-state index in [4.69, 9.17) is 11.6 Å². The highest BCUT2D eigenvalue weighted by molar-refractivity contribution is 14.1. The quantitative estimate of drug-likeness (QED) is 0.778. The standard InChI is InChI=1S/C10H6ClIN2O2/c11-6-3-5(1-2-8(6)15)9-13-4-7(12)10(16)14-9/h1-4,15H,(H,13,14,16). The first-order valence-corrected chi connectivity index (χ1v) is 5.77. The number of benzene rings is 1. The van der Waals surface area contributed by atoms with Crippen molar-refractivity contribution < 1.29 is 5.11 Å². The minimum absolute atomic E-state index is 0.00160. The summed E-state index contributed by atoms with van der Waals surface area (Å²) in [5.74, 6) is 0.422. The van der Waals surface area contributed by atoms with Crippen molar-refractivity contribution in [2.45, 2.75) is 0 Å². The Kier molecular flexibility index (Phi) is 3.15. The lowest BCUT2D eigenvalue weighted by atomic mass is 10.2. The van der Waals surface area contributed by atoms with E-state index in [1.165, 1.54) is 12.3 Å². The molecule has 82 valence electrons. The number of phenolic OH excluding ortho intramolecular Hbond substituents is 1. The molecule has 1 aromatic heterocycles. The molecule has 0 amide bonds. The van der Waals surface area contributed by atoms with Crippen molar-refractivity contribution in [3.63, 3.8) is 0 Å². The highest BCUT2D eigenvalue weighted by Crippen LogP contribution is 2.27. The molecule has 0 saturated carbocycles. The van der Waals surface area contributed by atoms with Crippen LogP contribution in [0.4, 0.5) is 0 Å². The molecule has 0 spiro atoms. The summed E-state index contributed by atoms with van der Waals surface area (Å²) >= 11 is 7.66. The Hall–Kier alpha value is -1.08. The van der Waals surface area contributed by atoms with E-state index < -0.39 is 0 Å². The van der Waals surface area contributed by atoms with E-state index >= 15 is 0 Å². The van der Waals surface area contributed by atoms with Gasteiger partial charge in [0.15, 0.2) is 0 Å². The van der Waals surface area contributed by atoms with Gasteiger partial charge in [0.05, 0.1) is 8.59 Å². The van der Waals surface area contributed by atoms with Gasteiger partial charge in [-0.3, -0.25) is 4.79 Å². The molecule has 0 atom stereocenters. The molecule has 0 fully saturated rings.